The van der Waals surface area contributed by atoms with Crippen molar-refractivity contribution in [2.75, 3.05) is 0 Å². The molecule has 0 N–H and O–H groups in total. The van der Waals surface area contributed by atoms with Gasteiger partial charge in [-0.1, -0.05) is 137 Å². The Balaban J connectivity index is 1.11. The van der Waals surface area contributed by atoms with Gasteiger partial charge in [0, 0.05) is 54.5 Å². The molecule has 2 aliphatic rings. The van der Waals surface area contributed by atoms with E-state index in [0.717, 1.165) is 44.3 Å². The topological polar surface area (TPSA) is 23.0 Å². The van der Waals surface area contributed by atoms with Crippen molar-refractivity contribution in [3.8, 4) is 33.6 Å². The van der Waals surface area contributed by atoms with E-state index in [1.807, 2.05) is 0 Å². The smallest absolute Gasteiger partial charge is 0.160 e. The molecular formula is C54H38N2O. The van der Waals surface area contributed by atoms with Crippen LogP contribution in [-0.2, 0) is 10.8 Å². The van der Waals surface area contributed by atoms with Gasteiger partial charge in [0.1, 0.15) is 0 Å². The third kappa shape index (κ3) is 3.82. The van der Waals surface area contributed by atoms with Crippen LogP contribution in [0, 0.1) is 0 Å². The van der Waals surface area contributed by atoms with Crippen molar-refractivity contribution in [3.05, 3.63) is 180 Å². The number of furan rings is 1. The fourth-order valence-corrected chi connectivity index (χ4v) is 11.0. The molecule has 3 nitrogen and oxygen atoms in total. The van der Waals surface area contributed by atoms with E-state index in [4.69, 9.17) is 4.42 Å². The molecule has 57 heavy (non-hydrogen) atoms. The van der Waals surface area contributed by atoms with Crippen LogP contribution < -0.4 is 0 Å². The lowest BCUT2D eigenvalue weighted by Crippen LogP contribution is -2.15. The zero-order valence-corrected chi connectivity index (χ0v) is 32.3. The largest absolute Gasteiger partial charge is 0.452 e. The summed E-state index contributed by atoms with van der Waals surface area (Å²) >= 11 is 0. The minimum atomic E-state index is -0.107. The summed E-state index contributed by atoms with van der Waals surface area (Å²) in [6.07, 6.45) is 0. The number of hydrogen-bond donors (Lipinski definition) is 0. The number of hydrogen-bond acceptors (Lipinski definition) is 1. The Morgan fingerprint density at radius 3 is 1.21 bits per heavy atom. The van der Waals surface area contributed by atoms with Crippen LogP contribution in [0.2, 0.25) is 0 Å². The molecule has 2 aliphatic carbocycles. The van der Waals surface area contributed by atoms with Gasteiger partial charge in [-0.3, -0.25) is 0 Å². The standard InChI is InChI=1S/C54H38N2O/c1-53(2)43-17-9-5-13-33(43)35-23-21-31(29-45(35)53)55-47-19-11-7-15-37(47)39-25-27-41-42-28-26-40-38-16-8-12-20-48(38)56(50(40)52(42)57-51(41)49(39)55)32-22-24-36-34-14-6-10-18-44(34)54(3,4)46(36)30-32/h5-30H,1-4H3. The zero-order chi connectivity index (χ0) is 37.9. The van der Waals surface area contributed by atoms with E-state index >= 15 is 0 Å². The third-order valence-electron chi connectivity index (χ3n) is 13.7. The van der Waals surface area contributed by atoms with Crippen molar-refractivity contribution in [1.29, 1.82) is 0 Å². The van der Waals surface area contributed by atoms with Gasteiger partial charge in [0.05, 0.1) is 22.1 Å². The highest BCUT2D eigenvalue weighted by molar-refractivity contribution is 6.26. The fourth-order valence-electron chi connectivity index (χ4n) is 11.0. The van der Waals surface area contributed by atoms with Gasteiger partial charge >= 0.3 is 0 Å². The minimum Gasteiger partial charge on any atom is -0.452 e. The van der Waals surface area contributed by atoms with E-state index in [9.17, 15) is 0 Å². The minimum absolute atomic E-state index is 0.107. The van der Waals surface area contributed by atoms with Crippen LogP contribution in [0.25, 0.3) is 99.2 Å². The molecule has 0 unspecified atom stereocenters. The molecule has 0 saturated heterocycles. The Kier molecular flexibility index (Phi) is 5.78. The lowest BCUT2D eigenvalue weighted by Gasteiger charge is -2.22. The van der Waals surface area contributed by atoms with E-state index < -0.39 is 0 Å². The molecule has 3 heterocycles. The van der Waals surface area contributed by atoms with Gasteiger partial charge in [-0.25, -0.2) is 0 Å². The van der Waals surface area contributed by atoms with Gasteiger partial charge in [0.25, 0.3) is 0 Å². The first kappa shape index (κ1) is 31.4. The third-order valence-corrected chi connectivity index (χ3v) is 13.7. The summed E-state index contributed by atoms with van der Waals surface area (Å²) in [7, 11) is 0. The maximum absolute atomic E-state index is 7.39. The summed E-state index contributed by atoms with van der Waals surface area (Å²) < 4.78 is 12.3. The summed E-state index contributed by atoms with van der Waals surface area (Å²) in [5.74, 6) is 0. The van der Waals surface area contributed by atoms with Gasteiger partial charge < -0.3 is 13.6 Å². The monoisotopic (exact) mass is 730 g/mol. The first-order valence-electron chi connectivity index (χ1n) is 20.1. The molecule has 0 atom stereocenters. The van der Waals surface area contributed by atoms with Crippen LogP contribution in [0.1, 0.15) is 49.9 Å². The van der Waals surface area contributed by atoms with Crippen molar-refractivity contribution >= 4 is 65.6 Å². The first-order valence-corrected chi connectivity index (χ1v) is 20.1. The molecule has 11 aromatic rings. The molecule has 13 rings (SSSR count). The van der Waals surface area contributed by atoms with Crippen molar-refractivity contribution < 1.29 is 4.42 Å². The Labute approximate surface area is 330 Å². The predicted octanol–water partition coefficient (Wildman–Crippen LogP) is 14.4. The lowest BCUT2D eigenvalue weighted by atomic mass is 9.82. The molecule has 0 amide bonds. The molecule has 0 radical (unpaired) electrons. The predicted molar refractivity (Wildman–Crippen MR) is 238 cm³/mol. The molecule has 0 fully saturated rings. The average Bonchev–Trinajstić information content (AvgIpc) is 4.00. The van der Waals surface area contributed by atoms with Gasteiger partial charge in [-0.2, -0.15) is 0 Å². The summed E-state index contributed by atoms with van der Waals surface area (Å²) in [5, 5.41) is 7.08. The zero-order valence-electron chi connectivity index (χ0n) is 32.3. The highest BCUT2D eigenvalue weighted by Gasteiger charge is 2.37. The van der Waals surface area contributed by atoms with E-state index in [-0.39, 0.29) is 10.8 Å². The lowest BCUT2D eigenvalue weighted by molar-refractivity contribution is 0.660. The number of aromatic nitrogens is 2. The molecule has 8 aromatic carbocycles. The van der Waals surface area contributed by atoms with Gasteiger partial charge in [0.15, 0.2) is 11.2 Å². The van der Waals surface area contributed by atoms with Crippen LogP contribution in [0.5, 0.6) is 0 Å². The molecule has 3 aromatic heterocycles. The summed E-state index contributed by atoms with van der Waals surface area (Å²) in [6, 6.07) is 58.6. The second kappa shape index (κ2) is 10.5. The Morgan fingerprint density at radius 2 is 0.737 bits per heavy atom. The second-order valence-electron chi connectivity index (χ2n) is 17.3. The number of para-hydroxylation sites is 2. The van der Waals surface area contributed by atoms with E-state index in [1.165, 1.54) is 77.1 Å². The van der Waals surface area contributed by atoms with Crippen molar-refractivity contribution in [3.63, 3.8) is 0 Å². The van der Waals surface area contributed by atoms with Crippen molar-refractivity contribution in [2.45, 2.75) is 38.5 Å². The summed E-state index contributed by atoms with van der Waals surface area (Å²) in [6.45, 7) is 9.43. The molecule has 0 saturated carbocycles. The highest BCUT2D eigenvalue weighted by atomic mass is 16.3. The van der Waals surface area contributed by atoms with E-state index in [0.29, 0.717) is 0 Å². The number of benzene rings is 8. The van der Waals surface area contributed by atoms with E-state index in [1.54, 1.807) is 0 Å². The first-order chi connectivity index (χ1) is 27.8. The molecule has 3 heteroatoms. The molecular weight excluding hydrogens is 693 g/mol. The Hall–Kier alpha value is -6.84. The summed E-state index contributed by atoms with van der Waals surface area (Å²) in [4.78, 5) is 0. The average molecular weight is 731 g/mol. The van der Waals surface area contributed by atoms with Crippen LogP contribution in [0.15, 0.2) is 162 Å². The van der Waals surface area contributed by atoms with Crippen LogP contribution in [-0.4, -0.2) is 9.13 Å². The molecule has 0 aliphatic heterocycles. The number of rotatable bonds is 2. The van der Waals surface area contributed by atoms with Crippen LogP contribution in [0.4, 0.5) is 0 Å². The highest BCUT2D eigenvalue weighted by Crippen LogP contribution is 2.52. The molecule has 270 valence electrons. The maximum atomic E-state index is 7.39. The molecule has 0 spiro atoms. The van der Waals surface area contributed by atoms with Gasteiger partial charge in [-0.15, -0.1) is 0 Å². The Bertz CT molecular complexity index is 3350. The van der Waals surface area contributed by atoms with Crippen LogP contribution >= 0.6 is 0 Å². The van der Waals surface area contributed by atoms with Crippen LogP contribution in [0.3, 0.4) is 0 Å². The summed E-state index contributed by atoms with van der Waals surface area (Å²) in [5.41, 5.74) is 19.3. The van der Waals surface area contributed by atoms with Gasteiger partial charge in [0.2, 0.25) is 0 Å². The van der Waals surface area contributed by atoms with Crippen molar-refractivity contribution in [2.24, 2.45) is 0 Å². The normalized spacial score (nSPS) is 14.9. The fraction of sp³-hybridized carbons (Fsp3) is 0.111. The second-order valence-corrected chi connectivity index (χ2v) is 17.3. The quantitative estimate of drug-likeness (QED) is 0.174. The SMILES string of the molecule is CC1(C)c2ccccc2-c2ccc(-n3c4ccccc4c4ccc5c6ccc7c8ccccc8n(-c8ccc9c(c8)C(C)(C)c8ccccc8-9)c7c6oc5c43)cc21. The maximum Gasteiger partial charge on any atom is 0.160 e. The number of fused-ring (bicyclic) bond motifs is 17. The van der Waals surface area contributed by atoms with Crippen molar-refractivity contribution in [1.82, 2.24) is 9.13 Å². The van der Waals surface area contributed by atoms with Gasteiger partial charge in [-0.05, 0) is 93.0 Å². The Morgan fingerprint density at radius 1 is 0.351 bits per heavy atom. The molecule has 0 bridgehead atoms. The van der Waals surface area contributed by atoms with E-state index in [2.05, 4.69) is 195 Å². The number of nitrogens with zero attached hydrogens (tertiary/aromatic N) is 2.